The molecule has 2 aliphatic heterocycles. The predicted molar refractivity (Wildman–Crippen MR) is 105 cm³/mol. The minimum Gasteiger partial charge on any atom is -0.352 e. The van der Waals surface area contributed by atoms with Crippen LogP contribution in [-0.2, 0) is 0 Å². The molecule has 1 amide bonds. The van der Waals surface area contributed by atoms with Crippen molar-refractivity contribution in [3.63, 3.8) is 0 Å². The van der Waals surface area contributed by atoms with Gasteiger partial charge in [-0.3, -0.25) is 14.7 Å². The zero-order chi connectivity index (χ0) is 19.3. The van der Waals surface area contributed by atoms with Crippen LogP contribution >= 0.6 is 0 Å². The van der Waals surface area contributed by atoms with Gasteiger partial charge in [0.05, 0.1) is 17.9 Å². The van der Waals surface area contributed by atoms with Crippen molar-refractivity contribution in [1.29, 1.82) is 0 Å². The SMILES string of the molecule is O=C(NCC1CCN(C2CC(c3ccccn3)NN2)CC1)c1ccc(F)cc1. The van der Waals surface area contributed by atoms with E-state index in [2.05, 4.69) is 32.1 Å². The number of amides is 1. The highest BCUT2D eigenvalue weighted by Gasteiger charge is 2.32. The maximum absolute atomic E-state index is 13.0. The molecule has 2 saturated heterocycles. The Kier molecular flexibility index (Phi) is 5.95. The van der Waals surface area contributed by atoms with Crippen LogP contribution in [0.15, 0.2) is 48.7 Å². The van der Waals surface area contributed by atoms with Crippen LogP contribution in [0, 0.1) is 11.7 Å². The monoisotopic (exact) mass is 383 g/mol. The van der Waals surface area contributed by atoms with Gasteiger partial charge in [0, 0.05) is 18.3 Å². The first-order valence-corrected chi connectivity index (χ1v) is 9.89. The molecule has 3 N–H and O–H groups in total. The molecule has 28 heavy (non-hydrogen) atoms. The Bertz CT molecular complexity index is 777. The van der Waals surface area contributed by atoms with E-state index >= 15 is 0 Å². The Morgan fingerprint density at radius 1 is 1.14 bits per heavy atom. The van der Waals surface area contributed by atoms with Crippen molar-refractivity contribution >= 4 is 5.91 Å². The second-order valence-electron chi connectivity index (χ2n) is 7.54. The summed E-state index contributed by atoms with van der Waals surface area (Å²) in [5, 5.41) is 2.98. The number of carbonyl (C=O) groups is 1. The molecular formula is C21H26FN5O. The molecule has 7 heteroatoms. The third-order valence-corrected chi connectivity index (χ3v) is 5.68. The number of hydrogen-bond donors (Lipinski definition) is 3. The Morgan fingerprint density at radius 2 is 1.93 bits per heavy atom. The maximum Gasteiger partial charge on any atom is 0.251 e. The van der Waals surface area contributed by atoms with E-state index < -0.39 is 0 Å². The minimum absolute atomic E-state index is 0.137. The lowest BCUT2D eigenvalue weighted by atomic mass is 9.95. The van der Waals surface area contributed by atoms with Crippen molar-refractivity contribution in [3.05, 3.63) is 65.7 Å². The highest BCUT2D eigenvalue weighted by Crippen LogP contribution is 2.25. The summed E-state index contributed by atoms with van der Waals surface area (Å²) >= 11 is 0. The molecule has 3 heterocycles. The number of hydrogen-bond acceptors (Lipinski definition) is 5. The van der Waals surface area contributed by atoms with Gasteiger partial charge in [0.15, 0.2) is 0 Å². The highest BCUT2D eigenvalue weighted by molar-refractivity contribution is 5.94. The third kappa shape index (κ3) is 4.55. The average Bonchev–Trinajstić information content (AvgIpc) is 3.24. The summed E-state index contributed by atoms with van der Waals surface area (Å²) in [4.78, 5) is 19.1. The summed E-state index contributed by atoms with van der Waals surface area (Å²) in [5.74, 6) is 0.00751. The Labute approximate surface area is 164 Å². The van der Waals surface area contributed by atoms with Gasteiger partial charge in [0.2, 0.25) is 0 Å². The molecule has 6 nitrogen and oxygen atoms in total. The molecule has 0 bridgehead atoms. The van der Waals surface area contributed by atoms with Gasteiger partial charge in [0.1, 0.15) is 5.82 Å². The normalized spacial score (nSPS) is 23.6. The van der Waals surface area contributed by atoms with Crippen molar-refractivity contribution in [2.75, 3.05) is 19.6 Å². The number of nitrogens with zero attached hydrogens (tertiary/aromatic N) is 2. The summed E-state index contributed by atoms with van der Waals surface area (Å²) in [6, 6.07) is 11.9. The second kappa shape index (κ2) is 8.77. The van der Waals surface area contributed by atoms with E-state index in [0.29, 0.717) is 24.2 Å². The number of halogens is 1. The van der Waals surface area contributed by atoms with Crippen LogP contribution in [-0.4, -0.2) is 41.6 Å². The molecule has 0 aliphatic carbocycles. The zero-order valence-corrected chi connectivity index (χ0v) is 15.8. The number of likely N-dealkylation sites (tertiary alicyclic amines) is 1. The van der Waals surface area contributed by atoms with E-state index in [1.807, 2.05) is 18.3 Å². The zero-order valence-electron chi connectivity index (χ0n) is 15.8. The molecule has 1 aromatic carbocycles. The first-order chi connectivity index (χ1) is 13.7. The molecule has 4 rings (SSSR count). The van der Waals surface area contributed by atoms with E-state index in [-0.39, 0.29) is 17.8 Å². The van der Waals surface area contributed by atoms with Crippen LogP contribution in [0.3, 0.4) is 0 Å². The number of piperidine rings is 1. The smallest absolute Gasteiger partial charge is 0.251 e. The van der Waals surface area contributed by atoms with Crippen molar-refractivity contribution in [2.24, 2.45) is 5.92 Å². The van der Waals surface area contributed by atoms with E-state index in [0.717, 1.165) is 38.0 Å². The van der Waals surface area contributed by atoms with Gasteiger partial charge in [-0.05, 0) is 74.7 Å². The minimum atomic E-state index is -0.329. The molecule has 0 radical (unpaired) electrons. The topological polar surface area (TPSA) is 69.3 Å². The fraction of sp³-hybridized carbons (Fsp3) is 0.429. The molecule has 148 valence electrons. The number of rotatable bonds is 5. The highest BCUT2D eigenvalue weighted by atomic mass is 19.1. The molecule has 1 aromatic heterocycles. The van der Waals surface area contributed by atoms with Crippen molar-refractivity contribution < 1.29 is 9.18 Å². The van der Waals surface area contributed by atoms with Crippen molar-refractivity contribution in [2.45, 2.75) is 31.5 Å². The number of nitrogens with one attached hydrogen (secondary N) is 3. The summed E-state index contributed by atoms with van der Waals surface area (Å²) in [6.45, 7) is 2.67. The second-order valence-corrected chi connectivity index (χ2v) is 7.54. The standard InChI is InChI=1S/C21H26FN5O/c22-17-6-4-16(5-7-17)21(28)24-14-15-8-11-27(12-9-15)20-13-19(25-26-20)18-3-1-2-10-23-18/h1-7,10,15,19-20,25-26H,8-9,11-14H2,(H,24,28). The van der Waals surface area contributed by atoms with E-state index in [1.165, 1.54) is 24.3 Å². The van der Waals surface area contributed by atoms with E-state index in [4.69, 9.17) is 0 Å². The summed E-state index contributed by atoms with van der Waals surface area (Å²) < 4.78 is 13.0. The van der Waals surface area contributed by atoms with Gasteiger partial charge in [-0.25, -0.2) is 15.2 Å². The largest absolute Gasteiger partial charge is 0.352 e. The Hall–Kier alpha value is -2.35. The number of aromatic nitrogens is 1. The molecular weight excluding hydrogens is 357 g/mol. The van der Waals surface area contributed by atoms with Crippen molar-refractivity contribution in [1.82, 2.24) is 26.1 Å². The van der Waals surface area contributed by atoms with Gasteiger partial charge in [-0.15, -0.1) is 0 Å². The number of pyridine rings is 1. The van der Waals surface area contributed by atoms with Gasteiger partial charge >= 0.3 is 0 Å². The summed E-state index contributed by atoms with van der Waals surface area (Å²) in [5.41, 5.74) is 8.32. The average molecular weight is 383 g/mol. The lowest BCUT2D eigenvalue weighted by molar-refractivity contribution is 0.0914. The van der Waals surface area contributed by atoms with Crippen LogP contribution < -0.4 is 16.2 Å². The van der Waals surface area contributed by atoms with Gasteiger partial charge in [0.25, 0.3) is 5.91 Å². The van der Waals surface area contributed by atoms with Crippen LogP contribution in [0.5, 0.6) is 0 Å². The van der Waals surface area contributed by atoms with Crippen LogP contribution in [0.4, 0.5) is 4.39 Å². The molecule has 2 fully saturated rings. The third-order valence-electron chi connectivity index (χ3n) is 5.68. The Balaban J connectivity index is 1.21. The van der Waals surface area contributed by atoms with Gasteiger partial charge in [-0.1, -0.05) is 6.07 Å². The lowest BCUT2D eigenvalue weighted by Crippen LogP contribution is -2.49. The number of benzene rings is 1. The van der Waals surface area contributed by atoms with Crippen molar-refractivity contribution in [3.8, 4) is 0 Å². The van der Waals surface area contributed by atoms with Gasteiger partial charge < -0.3 is 5.32 Å². The Morgan fingerprint density at radius 3 is 2.64 bits per heavy atom. The molecule has 0 saturated carbocycles. The van der Waals surface area contributed by atoms with Crippen LogP contribution in [0.25, 0.3) is 0 Å². The molecule has 2 aliphatic rings. The maximum atomic E-state index is 13.0. The molecule has 2 aromatic rings. The lowest BCUT2D eigenvalue weighted by Gasteiger charge is -2.35. The van der Waals surface area contributed by atoms with Gasteiger partial charge in [-0.2, -0.15) is 0 Å². The number of hydrazine groups is 1. The van der Waals surface area contributed by atoms with E-state index in [1.54, 1.807) is 0 Å². The fourth-order valence-corrected chi connectivity index (χ4v) is 3.96. The summed E-state index contributed by atoms with van der Waals surface area (Å²) in [6.07, 6.45) is 5.23. The van der Waals surface area contributed by atoms with Crippen LogP contribution in [0.1, 0.15) is 41.4 Å². The van der Waals surface area contributed by atoms with Crippen LogP contribution in [0.2, 0.25) is 0 Å². The predicted octanol–water partition coefficient (Wildman–Crippen LogP) is 2.23. The first kappa shape index (κ1) is 19.0. The number of carbonyl (C=O) groups excluding carboxylic acids is 1. The summed E-state index contributed by atoms with van der Waals surface area (Å²) in [7, 11) is 0. The molecule has 2 atom stereocenters. The first-order valence-electron chi connectivity index (χ1n) is 9.89. The van der Waals surface area contributed by atoms with E-state index in [9.17, 15) is 9.18 Å². The molecule has 2 unspecified atom stereocenters. The fourth-order valence-electron chi connectivity index (χ4n) is 3.96. The molecule has 0 spiro atoms. The quantitative estimate of drug-likeness (QED) is 0.739.